The van der Waals surface area contributed by atoms with E-state index in [1.54, 1.807) is 0 Å². The molecule has 6 nitrogen and oxygen atoms in total. The molecular weight excluding hydrogens is 342 g/mol. The molecule has 0 fully saturated rings. The molecule has 0 unspecified atom stereocenters. The monoisotopic (exact) mass is 346 g/mol. The Kier molecular flexibility index (Phi) is 3.31. The van der Waals surface area contributed by atoms with Crippen LogP contribution in [0.1, 0.15) is 0 Å². The maximum atomic E-state index is 12.9. The lowest BCUT2D eigenvalue weighted by Gasteiger charge is -2.06. The zero-order valence-corrected chi connectivity index (χ0v) is 12.4. The van der Waals surface area contributed by atoms with E-state index in [4.69, 9.17) is 23.2 Å². The molecule has 0 bridgehead atoms. The van der Waals surface area contributed by atoms with Crippen molar-refractivity contribution < 1.29 is 12.8 Å². The summed E-state index contributed by atoms with van der Waals surface area (Å²) in [5.74, 6) is -0.544. The summed E-state index contributed by atoms with van der Waals surface area (Å²) in [5, 5.41) is -0.287. The highest BCUT2D eigenvalue weighted by Gasteiger charge is 2.22. The van der Waals surface area contributed by atoms with Crippen molar-refractivity contribution in [3.8, 4) is 0 Å². The van der Waals surface area contributed by atoms with E-state index in [0.717, 1.165) is 34.6 Å². The second kappa shape index (κ2) is 4.90. The van der Waals surface area contributed by atoms with Crippen molar-refractivity contribution in [1.82, 2.24) is 18.9 Å². The van der Waals surface area contributed by atoms with Gasteiger partial charge in [0, 0.05) is 0 Å². The summed E-state index contributed by atoms with van der Waals surface area (Å²) in [6, 6.07) is 4.37. The van der Waals surface area contributed by atoms with Gasteiger partial charge in [0.2, 0.25) is 5.28 Å². The highest BCUT2D eigenvalue weighted by atomic mass is 35.5. The van der Waals surface area contributed by atoms with Crippen LogP contribution in [0.5, 0.6) is 0 Å². The summed E-state index contributed by atoms with van der Waals surface area (Å²) in [6.45, 7) is 0. The molecule has 0 radical (unpaired) electrons. The minimum Gasteiger partial charge on any atom is -0.217 e. The number of aromatic nitrogens is 4. The number of fused-ring (bicyclic) bond motifs is 1. The van der Waals surface area contributed by atoms with Crippen LogP contribution in [0.3, 0.4) is 0 Å². The first-order valence-electron chi connectivity index (χ1n) is 5.47. The maximum Gasteiger partial charge on any atom is 0.269 e. The van der Waals surface area contributed by atoms with Crippen LogP contribution in [0.4, 0.5) is 4.39 Å². The van der Waals surface area contributed by atoms with Crippen molar-refractivity contribution >= 4 is 44.4 Å². The molecule has 0 aliphatic rings. The molecule has 1 aromatic carbocycles. The molecule has 0 N–H and O–H groups in total. The van der Waals surface area contributed by atoms with Crippen LogP contribution in [0.2, 0.25) is 10.4 Å². The zero-order valence-electron chi connectivity index (χ0n) is 10.0. The van der Waals surface area contributed by atoms with Crippen LogP contribution in [-0.4, -0.2) is 27.3 Å². The third-order valence-corrected chi connectivity index (χ3v) is 4.77. The molecule has 108 valence electrons. The second-order valence-electron chi connectivity index (χ2n) is 3.96. The highest BCUT2D eigenvalue weighted by molar-refractivity contribution is 7.90. The summed E-state index contributed by atoms with van der Waals surface area (Å²) in [6.07, 6.45) is 1.04. The lowest BCUT2D eigenvalue weighted by atomic mass is 10.4. The van der Waals surface area contributed by atoms with Crippen LogP contribution >= 0.6 is 23.2 Å². The Morgan fingerprint density at radius 1 is 1.10 bits per heavy atom. The number of rotatable bonds is 2. The lowest BCUT2D eigenvalue weighted by molar-refractivity contribution is 0.587. The number of imidazole rings is 1. The van der Waals surface area contributed by atoms with E-state index < -0.39 is 15.8 Å². The van der Waals surface area contributed by atoms with Gasteiger partial charge in [0.1, 0.15) is 17.7 Å². The van der Waals surface area contributed by atoms with Crippen molar-refractivity contribution in [2.75, 3.05) is 0 Å². The highest BCUT2D eigenvalue weighted by Crippen LogP contribution is 2.25. The molecule has 21 heavy (non-hydrogen) atoms. The zero-order chi connectivity index (χ0) is 15.2. The van der Waals surface area contributed by atoms with E-state index in [1.165, 1.54) is 0 Å². The molecule has 0 spiro atoms. The van der Waals surface area contributed by atoms with Crippen molar-refractivity contribution in [3.63, 3.8) is 0 Å². The Morgan fingerprint density at radius 3 is 2.43 bits per heavy atom. The third-order valence-electron chi connectivity index (χ3n) is 2.67. The van der Waals surface area contributed by atoms with Gasteiger partial charge in [-0.2, -0.15) is 4.98 Å². The van der Waals surface area contributed by atoms with Crippen LogP contribution in [0.15, 0.2) is 35.5 Å². The molecular formula is C11H5Cl2FN4O2S. The quantitative estimate of drug-likeness (QED) is 0.526. The second-order valence-corrected chi connectivity index (χ2v) is 6.47. The summed E-state index contributed by atoms with van der Waals surface area (Å²) >= 11 is 11.5. The standard InChI is InChI=1S/C11H5Cl2FN4O2S/c12-9-8-10(17-11(13)16-9)15-5-18(8)21(19,20)7-3-1-6(14)2-4-7/h1-5H. The first-order valence-corrected chi connectivity index (χ1v) is 7.66. The van der Waals surface area contributed by atoms with E-state index in [9.17, 15) is 12.8 Å². The Bertz CT molecular complexity index is 941. The number of nitrogens with zero attached hydrogens (tertiary/aromatic N) is 4. The Balaban J connectivity index is 2.27. The maximum absolute atomic E-state index is 12.9. The van der Waals surface area contributed by atoms with Gasteiger partial charge in [0.25, 0.3) is 10.0 Å². The average molecular weight is 347 g/mol. The summed E-state index contributed by atoms with van der Waals surface area (Å²) < 4.78 is 38.8. The van der Waals surface area contributed by atoms with Gasteiger partial charge in [-0.3, -0.25) is 0 Å². The van der Waals surface area contributed by atoms with Gasteiger partial charge in [-0.1, -0.05) is 11.6 Å². The average Bonchev–Trinajstić information content (AvgIpc) is 2.83. The topological polar surface area (TPSA) is 77.7 Å². The van der Waals surface area contributed by atoms with Crippen LogP contribution in [-0.2, 0) is 10.0 Å². The molecule has 0 saturated carbocycles. The molecule has 10 heteroatoms. The molecule has 0 amide bonds. The molecule has 2 heterocycles. The molecule has 0 aliphatic heterocycles. The van der Waals surface area contributed by atoms with Gasteiger partial charge in [-0.15, -0.1) is 0 Å². The first-order chi connectivity index (χ1) is 9.89. The molecule has 0 atom stereocenters. The Morgan fingerprint density at radius 2 is 1.76 bits per heavy atom. The summed E-state index contributed by atoms with van der Waals surface area (Å²) in [7, 11) is -3.99. The molecule has 0 aliphatic carbocycles. The van der Waals surface area contributed by atoms with Gasteiger partial charge in [0.05, 0.1) is 4.90 Å². The number of benzene rings is 1. The summed E-state index contributed by atoms with van der Waals surface area (Å²) in [4.78, 5) is 11.2. The van der Waals surface area contributed by atoms with Gasteiger partial charge in [-0.25, -0.2) is 26.7 Å². The van der Waals surface area contributed by atoms with Gasteiger partial charge >= 0.3 is 0 Å². The fraction of sp³-hybridized carbons (Fsp3) is 0. The van der Waals surface area contributed by atoms with Crippen molar-refractivity contribution in [2.24, 2.45) is 0 Å². The molecule has 2 aromatic heterocycles. The Hall–Kier alpha value is -1.77. The minimum atomic E-state index is -3.99. The van der Waals surface area contributed by atoms with E-state index in [0.29, 0.717) is 0 Å². The summed E-state index contributed by atoms with van der Waals surface area (Å²) in [5.41, 5.74) is 0.0519. The predicted octanol–water partition coefficient (Wildman–Crippen LogP) is 2.51. The first kappa shape index (κ1) is 14.2. The van der Waals surface area contributed by atoms with Crippen LogP contribution in [0.25, 0.3) is 11.2 Å². The van der Waals surface area contributed by atoms with Crippen molar-refractivity contribution in [2.45, 2.75) is 4.90 Å². The van der Waals surface area contributed by atoms with E-state index in [2.05, 4.69) is 15.0 Å². The van der Waals surface area contributed by atoms with Crippen LogP contribution < -0.4 is 0 Å². The largest absolute Gasteiger partial charge is 0.269 e. The van der Waals surface area contributed by atoms with E-state index in [-0.39, 0.29) is 26.5 Å². The fourth-order valence-electron chi connectivity index (χ4n) is 1.74. The smallest absolute Gasteiger partial charge is 0.217 e. The predicted molar refractivity (Wildman–Crippen MR) is 74.3 cm³/mol. The number of halogens is 3. The minimum absolute atomic E-state index is 0.00499. The van der Waals surface area contributed by atoms with E-state index >= 15 is 0 Å². The van der Waals surface area contributed by atoms with Gasteiger partial charge in [-0.05, 0) is 35.9 Å². The SMILES string of the molecule is O=S(=O)(c1ccc(F)cc1)n1cnc2nc(Cl)nc(Cl)c21. The van der Waals surface area contributed by atoms with Gasteiger partial charge < -0.3 is 0 Å². The molecule has 3 aromatic rings. The van der Waals surface area contributed by atoms with Crippen molar-refractivity contribution in [1.29, 1.82) is 0 Å². The molecule has 3 rings (SSSR count). The lowest BCUT2D eigenvalue weighted by Crippen LogP contribution is -2.12. The number of hydrogen-bond acceptors (Lipinski definition) is 5. The van der Waals surface area contributed by atoms with E-state index in [1.807, 2.05) is 0 Å². The van der Waals surface area contributed by atoms with Gasteiger partial charge in [0.15, 0.2) is 10.8 Å². The Labute approximate surface area is 128 Å². The third kappa shape index (κ3) is 2.35. The normalized spacial score (nSPS) is 12.0. The van der Waals surface area contributed by atoms with Crippen LogP contribution in [0, 0.1) is 5.82 Å². The fourth-order valence-corrected chi connectivity index (χ4v) is 3.54. The molecule has 0 saturated heterocycles. The number of hydrogen-bond donors (Lipinski definition) is 0. The van der Waals surface area contributed by atoms with Crippen molar-refractivity contribution in [3.05, 3.63) is 46.8 Å².